The number of hydrogen-bond acceptors (Lipinski definition) is 12. The number of nitrogens with one attached hydrogen (secondary N) is 2. The van der Waals surface area contributed by atoms with Gasteiger partial charge in [-0.1, -0.05) is 49.0 Å². The number of halogens is 1. The predicted octanol–water partition coefficient (Wildman–Crippen LogP) is 8.87. The molecular weight excluding hydrogens is 936 g/mol. The second-order valence-electron chi connectivity index (χ2n) is 20.2. The SMILES string of the molecule is C=S(C)(C)=NC1CCN(C[C@@H]2COc3cc(S(=O)(=O)NC(=O)c4ccc(N5CCN(CC6=C(c7ccc(Cl)cc7)CC(C)(C)CC6)CC5)cc4Oc4cnc5[nH]ccc5c4)cc([N+](=O)[O-])c3C2)CC1. The molecule has 3 aromatic carbocycles. The summed E-state index contributed by atoms with van der Waals surface area (Å²) in [6.45, 7) is 11.3. The molecule has 69 heavy (non-hydrogen) atoms. The molecule has 2 saturated heterocycles. The molecule has 15 nitrogen and oxygen atoms in total. The van der Waals surface area contributed by atoms with E-state index < -0.39 is 35.2 Å². The number of carbonyl (C=O) groups excluding carboxylic acids is 1. The van der Waals surface area contributed by atoms with Gasteiger partial charge in [-0.15, -0.1) is 9.41 Å². The third-order valence-corrected chi connectivity index (χ3v) is 16.1. The Labute approximate surface area is 410 Å². The maximum atomic E-state index is 14.1. The topological polar surface area (TPSA) is 176 Å². The van der Waals surface area contributed by atoms with E-state index in [1.54, 1.807) is 30.5 Å². The minimum absolute atomic E-state index is 0.0267. The number of allylic oxidation sites excluding steroid dienone is 1. The van der Waals surface area contributed by atoms with Gasteiger partial charge in [0.25, 0.3) is 21.6 Å². The molecule has 1 amide bonds. The van der Waals surface area contributed by atoms with Gasteiger partial charge in [-0.2, -0.15) is 0 Å². The number of piperidine rings is 1. The Hall–Kier alpha value is -5.46. The van der Waals surface area contributed by atoms with Crippen LogP contribution >= 0.6 is 11.6 Å². The van der Waals surface area contributed by atoms with E-state index in [0.717, 1.165) is 100 Å². The van der Waals surface area contributed by atoms with Crippen LogP contribution in [0, 0.1) is 21.4 Å². The van der Waals surface area contributed by atoms with Crippen LogP contribution in [0.5, 0.6) is 17.2 Å². The van der Waals surface area contributed by atoms with Crippen molar-refractivity contribution < 1.29 is 27.6 Å². The van der Waals surface area contributed by atoms with E-state index in [1.165, 1.54) is 29.0 Å². The summed E-state index contributed by atoms with van der Waals surface area (Å²) in [6, 6.07) is 19.5. The van der Waals surface area contributed by atoms with Crippen molar-refractivity contribution in [3.05, 3.63) is 117 Å². The lowest BCUT2D eigenvalue weighted by Gasteiger charge is -2.39. The maximum absolute atomic E-state index is 14.1. The van der Waals surface area contributed by atoms with E-state index in [9.17, 15) is 23.3 Å². The number of aromatic nitrogens is 2. The van der Waals surface area contributed by atoms with E-state index >= 15 is 0 Å². The molecule has 1 aliphatic carbocycles. The molecule has 0 radical (unpaired) electrons. The molecule has 9 rings (SSSR count). The second kappa shape index (κ2) is 19.7. The molecule has 366 valence electrons. The maximum Gasteiger partial charge on any atom is 0.277 e. The molecule has 0 unspecified atom stereocenters. The van der Waals surface area contributed by atoms with Gasteiger partial charge in [0.15, 0.2) is 0 Å². The highest BCUT2D eigenvalue weighted by Gasteiger charge is 2.34. The molecule has 0 spiro atoms. The Kier molecular flexibility index (Phi) is 13.9. The third-order valence-electron chi connectivity index (χ3n) is 13.7. The zero-order valence-electron chi connectivity index (χ0n) is 39.7. The van der Waals surface area contributed by atoms with Gasteiger partial charge in [0, 0.05) is 98.8 Å². The van der Waals surface area contributed by atoms with E-state index in [4.69, 9.17) is 25.4 Å². The Morgan fingerprint density at radius 1 is 1.03 bits per heavy atom. The Morgan fingerprint density at radius 2 is 1.78 bits per heavy atom. The summed E-state index contributed by atoms with van der Waals surface area (Å²) in [5.41, 5.74) is 5.71. The van der Waals surface area contributed by atoms with Crippen LogP contribution in [0.25, 0.3) is 16.6 Å². The summed E-state index contributed by atoms with van der Waals surface area (Å²) >= 11 is 6.26. The number of H-pyrrole nitrogens is 1. The Balaban J connectivity index is 0.913. The lowest BCUT2D eigenvalue weighted by atomic mass is 9.72. The number of sulfonamides is 1. The fourth-order valence-electron chi connectivity index (χ4n) is 10.1. The molecule has 5 heterocycles. The summed E-state index contributed by atoms with van der Waals surface area (Å²) in [7, 11) is -5.84. The number of hydrogen-bond donors (Lipinski definition) is 2. The van der Waals surface area contributed by atoms with Crippen molar-refractivity contribution in [3.63, 3.8) is 0 Å². The molecule has 4 aliphatic rings. The van der Waals surface area contributed by atoms with Crippen LogP contribution < -0.4 is 19.1 Å². The number of piperazine rings is 1. The van der Waals surface area contributed by atoms with Crippen LogP contribution in [0.2, 0.25) is 5.02 Å². The number of nitro groups is 1. The number of pyridine rings is 1. The van der Waals surface area contributed by atoms with Crippen molar-refractivity contribution in [2.75, 3.05) is 76.4 Å². The largest absolute Gasteiger partial charge is 0.493 e. The number of ether oxygens (including phenoxy) is 2. The summed E-state index contributed by atoms with van der Waals surface area (Å²) in [5.74, 6) is 3.80. The number of nitro benzene ring substituents is 1. The first kappa shape index (κ1) is 48.6. The highest BCUT2D eigenvalue weighted by molar-refractivity contribution is 8.01. The molecule has 5 aromatic rings. The molecule has 0 bridgehead atoms. The second-order valence-corrected chi connectivity index (χ2v) is 25.5. The number of benzene rings is 3. The fourth-order valence-corrected chi connectivity index (χ4v) is 12.3. The Morgan fingerprint density at radius 3 is 2.51 bits per heavy atom. The molecule has 2 fully saturated rings. The van der Waals surface area contributed by atoms with Crippen molar-refractivity contribution in [2.45, 2.75) is 63.3 Å². The number of carbonyl (C=O) groups is 1. The standard InChI is InChI=1S/C51H61ClN8O7S2/c1-51(2)16-12-37(45(29-51)35-6-8-38(52)9-7-35)32-58-20-22-59(23-21-58)40-10-11-43(48(26-40)67-41-25-36-13-17-53-49(36)54-30-41)50(61)56-69(64,65)42-27-46(60(62)63)44-24-34(33-66-47(44)28-42)31-57-18-14-39(15-19-57)55-68(3,4)5/h6-11,13,17,25-28,30,34,39H,3,12,14-16,18-24,29,31-33H2,1-2,4-5H3,(H,53,54)(H,56,61)/t34-/m1/s1. The number of aromatic amines is 1. The highest BCUT2D eigenvalue weighted by atomic mass is 35.5. The van der Waals surface area contributed by atoms with Gasteiger partial charge in [0.05, 0.1) is 39.8 Å². The zero-order valence-corrected chi connectivity index (χ0v) is 42.1. The van der Waals surface area contributed by atoms with Crippen LogP contribution in [0.1, 0.15) is 67.4 Å². The molecule has 2 aromatic heterocycles. The summed E-state index contributed by atoms with van der Waals surface area (Å²) in [5, 5.41) is 14.0. The van der Waals surface area contributed by atoms with Crippen molar-refractivity contribution >= 4 is 70.8 Å². The number of likely N-dealkylation sites (tertiary alicyclic amines) is 1. The molecule has 1 atom stereocenters. The summed E-state index contributed by atoms with van der Waals surface area (Å²) < 4.78 is 47.6. The smallest absolute Gasteiger partial charge is 0.277 e. The number of nitrogens with zero attached hydrogens (tertiary/aromatic N) is 6. The van der Waals surface area contributed by atoms with E-state index in [0.29, 0.717) is 29.9 Å². The monoisotopic (exact) mass is 996 g/mol. The molecule has 0 saturated carbocycles. The van der Waals surface area contributed by atoms with Crippen molar-refractivity contribution in [3.8, 4) is 17.2 Å². The quantitative estimate of drug-likeness (QED) is 0.0655. The van der Waals surface area contributed by atoms with Crippen LogP contribution in [0.3, 0.4) is 0 Å². The van der Waals surface area contributed by atoms with Crippen LogP contribution in [-0.4, -0.2) is 122 Å². The van der Waals surface area contributed by atoms with Crippen molar-refractivity contribution in [1.82, 2.24) is 24.5 Å². The number of fused-ring (bicyclic) bond motifs is 2. The number of amides is 1. The number of rotatable bonds is 13. The zero-order chi connectivity index (χ0) is 48.7. The fraction of sp³-hybridized carbons (Fsp3) is 0.431. The predicted molar refractivity (Wildman–Crippen MR) is 276 cm³/mol. The first-order valence-electron chi connectivity index (χ1n) is 23.6. The minimum Gasteiger partial charge on any atom is -0.493 e. The average Bonchev–Trinajstić information content (AvgIpc) is 3.78. The first-order chi connectivity index (χ1) is 32.8. The van der Waals surface area contributed by atoms with Gasteiger partial charge in [-0.05, 0) is 104 Å². The van der Waals surface area contributed by atoms with Gasteiger partial charge in [-0.25, -0.2) is 18.1 Å². The van der Waals surface area contributed by atoms with Gasteiger partial charge in [0.2, 0.25) is 0 Å². The van der Waals surface area contributed by atoms with Crippen LogP contribution in [-0.2, 0) is 25.9 Å². The van der Waals surface area contributed by atoms with Gasteiger partial charge in [0.1, 0.15) is 22.9 Å². The van der Waals surface area contributed by atoms with Crippen molar-refractivity contribution in [1.29, 1.82) is 0 Å². The van der Waals surface area contributed by atoms with Gasteiger partial charge < -0.3 is 24.3 Å². The van der Waals surface area contributed by atoms with Crippen LogP contribution in [0.15, 0.2) is 94.0 Å². The van der Waals surface area contributed by atoms with E-state index in [1.807, 2.05) is 18.2 Å². The lowest BCUT2D eigenvalue weighted by Crippen LogP contribution is -2.47. The summed E-state index contributed by atoms with van der Waals surface area (Å²) in [6.07, 6.45) is 12.9. The molecule has 3 aliphatic heterocycles. The van der Waals surface area contributed by atoms with Crippen molar-refractivity contribution in [2.24, 2.45) is 15.7 Å². The molecule has 2 N–H and O–H groups in total. The van der Waals surface area contributed by atoms with E-state index in [-0.39, 0.29) is 46.7 Å². The number of anilines is 1. The third kappa shape index (κ3) is 11.6. The van der Waals surface area contributed by atoms with E-state index in [2.05, 4.69) is 73.8 Å². The normalized spacial score (nSPS) is 19.5. The minimum atomic E-state index is -4.64. The summed E-state index contributed by atoms with van der Waals surface area (Å²) in [4.78, 5) is 40.2. The van der Waals surface area contributed by atoms with Crippen LogP contribution in [0.4, 0.5) is 11.4 Å². The first-order valence-corrected chi connectivity index (χ1v) is 28.0. The highest BCUT2D eigenvalue weighted by Crippen LogP contribution is 2.44. The van der Waals surface area contributed by atoms with Gasteiger partial charge >= 0.3 is 0 Å². The molecular formula is C51H61ClN8O7S2. The van der Waals surface area contributed by atoms with Gasteiger partial charge in [-0.3, -0.25) is 24.2 Å². The Bertz CT molecular complexity index is 3030. The lowest BCUT2D eigenvalue weighted by molar-refractivity contribution is -0.386. The average molecular weight is 998 g/mol. The molecule has 18 heteroatoms.